The van der Waals surface area contributed by atoms with Crippen LogP contribution < -0.4 is 4.90 Å². The van der Waals surface area contributed by atoms with Crippen LogP contribution in [0.5, 0.6) is 0 Å². The van der Waals surface area contributed by atoms with E-state index in [9.17, 15) is 4.79 Å². The minimum Gasteiger partial charge on any atom is -0.355 e. The van der Waals surface area contributed by atoms with Gasteiger partial charge in [0.15, 0.2) is 0 Å². The van der Waals surface area contributed by atoms with Gasteiger partial charge in [-0.3, -0.25) is 9.78 Å². The lowest BCUT2D eigenvalue weighted by molar-refractivity contribution is -0.136. The number of hydrogen-bond donors (Lipinski definition) is 0. The average molecular weight is 342 g/mol. The van der Waals surface area contributed by atoms with Crippen LogP contribution >= 0.6 is 11.3 Å². The number of piperidine rings is 1. The SMILES string of the molecule is O=C([C@@H]1CCCN(c2cnccn2)C1)N1CCC[C@H]1c1ccsc1. The fourth-order valence-electron chi connectivity index (χ4n) is 3.92. The Hall–Kier alpha value is -1.95. The lowest BCUT2D eigenvalue weighted by Gasteiger charge is -2.36. The van der Waals surface area contributed by atoms with E-state index in [2.05, 4.69) is 36.6 Å². The highest BCUT2D eigenvalue weighted by molar-refractivity contribution is 7.07. The van der Waals surface area contributed by atoms with Crippen LogP contribution in [0.3, 0.4) is 0 Å². The minimum absolute atomic E-state index is 0.0694. The van der Waals surface area contributed by atoms with Crippen molar-refractivity contribution in [3.63, 3.8) is 0 Å². The minimum atomic E-state index is 0.0694. The topological polar surface area (TPSA) is 49.3 Å². The summed E-state index contributed by atoms with van der Waals surface area (Å²) in [6, 6.07) is 2.43. The second-order valence-corrected chi connectivity index (χ2v) is 7.38. The Labute approximate surface area is 146 Å². The number of rotatable bonds is 3. The molecule has 0 radical (unpaired) electrons. The summed E-state index contributed by atoms with van der Waals surface area (Å²) in [5.41, 5.74) is 1.30. The van der Waals surface area contributed by atoms with Gasteiger partial charge in [-0.2, -0.15) is 11.3 Å². The third-order valence-corrected chi connectivity index (χ3v) is 5.81. The number of nitrogens with zero attached hydrogens (tertiary/aromatic N) is 4. The van der Waals surface area contributed by atoms with Crippen LogP contribution in [0.1, 0.15) is 37.3 Å². The zero-order chi connectivity index (χ0) is 16.4. The molecule has 2 aromatic heterocycles. The predicted molar refractivity (Wildman–Crippen MR) is 95.0 cm³/mol. The van der Waals surface area contributed by atoms with Gasteiger partial charge in [0.2, 0.25) is 5.91 Å². The van der Waals surface area contributed by atoms with E-state index in [0.29, 0.717) is 5.91 Å². The largest absolute Gasteiger partial charge is 0.355 e. The molecule has 2 aliphatic rings. The standard InChI is InChI=1S/C18H22N4OS/c23-18(22-9-2-4-16(22)15-5-10-24-13-15)14-3-1-8-21(12-14)17-11-19-6-7-20-17/h5-7,10-11,13-14,16H,1-4,8-9,12H2/t14-,16+/m1/s1. The van der Waals surface area contributed by atoms with Gasteiger partial charge >= 0.3 is 0 Å². The molecule has 0 bridgehead atoms. The maximum atomic E-state index is 13.1. The first-order valence-electron chi connectivity index (χ1n) is 8.66. The number of thiophene rings is 1. The Morgan fingerprint density at radius 3 is 2.92 bits per heavy atom. The van der Waals surface area contributed by atoms with E-state index in [1.165, 1.54) is 5.56 Å². The Morgan fingerprint density at radius 2 is 2.12 bits per heavy atom. The number of anilines is 1. The molecule has 2 aliphatic heterocycles. The molecule has 126 valence electrons. The van der Waals surface area contributed by atoms with E-state index < -0.39 is 0 Å². The summed E-state index contributed by atoms with van der Waals surface area (Å²) in [6.45, 7) is 2.60. The molecule has 2 atom stereocenters. The first-order valence-corrected chi connectivity index (χ1v) is 9.61. The van der Waals surface area contributed by atoms with Crippen molar-refractivity contribution < 1.29 is 4.79 Å². The number of likely N-dealkylation sites (tertiary alicyclic amines) is 1. The second-order valence-electron chi connectivity index (χ2n) is 6.60. The normalized spacial score (nSPS) is 24.3. The molecule has 4 rings (SSSR count). The molecule has 2 fully saturated rings. The zero-order valence-corrected chi connectivity index (χ0v) is 14.5. The lowest BCUT2D eigenvalue weighted by atomic mass is 9.95. The first kappa shape index (κ1) is 15.6. The van der Waals surface area contributed by atoms with Gasteiger partial charge in [-0.25, -0.2) is 4.98 Å². The van der Waals surface area contributed by atoms with Crippen molar-refractivity contribution >= 4 is 23.1 Å². The molecule has 1 amide bonds. The van der Waals surface area contributed by atoms with E-state index in [-0.39, 0.29) is 12.0 Å². The summed E-state index contributed by atoms with van der Waals surface area (Å²) in [7, 11) is 0. The van der Waals surface area contributed by atoms with Crippen LogP contribution in [0.2, 0.25) is 0 Å². The van der Waals surface area contributed by atoms with E-state index in [1.807, 2.05) is 0 Å². The second kappa shape index (κ2) is 6.89. The van der Waals surface area contributed by atoms with Crippen LogP contribution in [0.25, 0.3) is 0 Å². The molecule has 24 heavy (non-hydrogen) atoms. The molecule has 6 heteroatoms. The van der Waals surface area contributed by atoms with Gasteiger partial charge in [0.1, 0.15) is 5.82 Å². The highest BCUT2D eigenvalue weighted by Crippen LogP contribution is 2.35. The fourth-order valence-corrected chi connectivity index (χ4v) is 4.62. The van der Waals surface area contributed by atoms with Gasteiger partial charge in [-0.1, -0.05) is 0 Å². The van der Waals surface area contributed by atoms with Crippen LogP contribution in [-0.4, -0.2) is 40.4 Å². The monoisotopic (exact) mass is 342 g/mol. The molecule has 0 N–H and O–H groups in total. The summed E-state index contributed by atoms with van der Waals surface area (Å²) >= 11 is 1.71. The molecule has 0 unspecified atom stereocenters. The Bertz CT molecular complexity index is 676. The highest BCUT2D eigenvalue weighted by atomic mass is 32.1. The molecule has 0 saturated carbocycles. The highest BCUT2D eigenvalue weighted by Gasteiger charge is 2.36. The van der Waals surface area contributed by atoms with E-state index >= 15 is 0 Å². The third kappa shape index (κ3) is 3.02. The molecule has 2 aromatic rings. The van der Waals surface area contributed by atoms with Crippen molar-refractivity contribution in [2.75, 3.05) is 24.5 Å². The first-order chi connectivity index (χ1) is 11.8. The number of carbonyl (C=O) groups excluding carboxylic acids is 1. The smallest absolute Gasteiger partial charge is 0.227 e. The van der Waals surface area contributed by atoms with Crippen LogP contribution in [0.4, 0.5) is 5.82 Å². The number of hydrogen-bond acceptors (Lipinski definition) is 5. The molecule has 0 aliphatic carbocycles. The van der Waals surface area contributed by atoms with Crippen LogP contribution in [0, 0.1) is 5.92 Å². The van der Waals surface area contributed by atoms with Crippen molar-refractivity contribution in [2.45, 2.75) is 31.7 Å². The summed E-state index contributed by atoms with van der Waals surface area (Å²) in [6.07, 6.45) is 9.39. The molecule has 0 aromatic carbocycles. The fraction of sp³-hybridized carbons (Fsp3) is 0.500. The van der Waals surface area contributed by atoms with E-state index in [1.54, 1.807) is 29.9 Å². The van der Waals surface area contributed by atoms with Gasteiger partial charge in [0, 0.05) is 32.0 Å². The number of amides is 1. The van der Waals surface area contributed by atoms with Gasteiger partial charge in [0.05, 0.1) is 18.2 Å². The van der Waals surface area contributed by atoms with Crippen LogP contribution in [-0.2, 0) is 4.79 Å². The Morgan fingerprint density at radius 1 is 1.21 bits per heavy atom. The molecule has 4 heterocycles. The van der Waals surface area contributed by atoms with Crippen molar-refractivity contribution in [1.82, 2.24) is 14.9 Å². The van der Waals surface area contributed by atoms with Gasteiger partial charge in [-0.05, 0) is 48.1 Å². The third-order valence-electron chi connectivity index (χ3n) is 5.11. The number of carbonyl (C=O) groups is 1. The predicted octanol–water partition coefficient (Wildman–Crippen LogP) is 3.12. The van der Waals surface area contributed by atoms with Gasteiger partial charge < -0.3 is 9.80 Å². The maximum Gasteiger partial charge on any atom is 0.227 e. The van der Waals surface area contributed by atoms with Gasteiger partial charge in [0.25, 0.3) is 0 Å². The van der Waals surface area contributed by atoms with Gasteiger partial charge in [-0.15, -0.1) is 0 Å². The van der Waals surface area contributed by atoms with Crippen molar-refractivity contribution in [1.29, 1.82) is 0 Å². The summed E-state index contributed by atoms with van der Waals surface area (Å²) < 4.78 is 0. The molecule has 2 saturated heterocycles. The van der Waals surface area contributed by atoms with Crippen LogP contribution in [0.15, 0.2) is 35.4 Å². The van der Waals surface area contributed by atoms with E-state index in [4.69, 9.17) is 0 Å². The maximum absolute atomic E-state index is 13.1. The lowest BCUT2D eigenvalue weighted by Crippen LogP contribution is -2.45. The summed E-state index contributed by atoms with van der Waals surface area (Å²) in [4.78, 5) is 26.0. The Balaban J connectivity index is 1.47. The van der Waals surface area contributed by atoms with Crippen molar-refractivity contribution in [3.8, 4) is 0 Å². The van der Waals surface area contributed by atoms with E-state index in [0.717, 1.165) is 51.1 Å². The molecular weight excluding hydrogens is 320 g/mol. The summed E-state index contributed by atoms with van der Waals surface area (Å²) in [5.74, 6) is 1.27. The Kier molecular flexibility index (Phi) is 4.47. The average Bonchev–Trinajstić information content (AvgIpc) is 3.33. The molecule has 0 spiro atoms. The quantitative estimate of drug-likeness (QED) is 0.860. The summed E-state index contributed by atoms with van der Waals surface area (Å²) in [5, 5.41) is 4.29. The zero-order valence-electron chi connectivity index (χ0n) is 13.7. The molecular formula is C18H22N4OS. The van der Waals surface area contributed by atoms with Crippen molar-refractivity contribution in [3.05, 3.63) is 41.0 Å². The van der Waals surface area contributed by atoms with Crippen molar-refractivity contribution in [2.24, 2.45) is 5.92 Å². The number of aromatic nitrogens is 2. The molecule has 5 nitrogen and oxygen atoms in total.